The van der Waals surface area contributed by atoms with Crippen LogP contribution >= 0.6 is 11.6 Å². The number of anilines is 1. The number of nitrogens with two attached hydrogens (primary N) is 1. The Labute approximate surface area is 88.1 Å². The molecule has 0 bridgehead atoms. The first kappa shape index (κ1) is 11.3. The highest BCUT2D eigenvalue weighted by atomic mass is 35.5. The third-order valence-corrected chi connectivity index (χ3v) is 2.87. The van der Waals surface area contributed by atoms with Crippen molar-refractivity contribution < 1.29 is 8.42 Å². The van der Waals surface area contributed by atoms with Gasteiger partial charge in [-0.1, -0.05) is 11.6 Å². The first-order valence-electron chi connectivity index (χ1n) is 4.01. The van der Waals surface area contributed by atoms with Crippen molar-refractivity contribution in [2.75, 3.05) is 11.9 Å². The highest BCUT2D eigenvalue weighted by molar-refractivity contribution is 7.89. The van der Waals surface area contributed by atoms with Crippen molar-refractivity contribution in [2.45, 2.75) is 11.8 Å². The molecule has 6 heteroatoms. The molecule has 0 amide bonds. The number of hydrogen-bond donors (Lipinski definition) is 2. The van der Waals surface area contributed by atoms with Gasteiger partial charge in [0, 0.05) is 6.54 Å². The van der Waals surface area contributed by atoms with Crippen LogP contribution in [0.1, 0.15) is 6.92 Å². The van der Waals surface area contributed by atoms with Gasteiger partial charge in [-0.25, -0.2) is 13.6 Å². The molecule has 14 heavy (non-hydrogen) atoms. The van der Waals surface area contributed by atoms with Crippen LogP contribution in [0.4, 0.5) is 5.69 Å². The van der Waals surface area contributed by atoms with Gasteiger partial charge in [-0.05, 0) is 25.1 Å². The van der Waals surface area contributed by atoms with Crippen LogP contribution < -0.4 is 10.5 Å². The number of sulfonamides is 1. The van der Waals surface area contributed by atoms with E-state index in [1.807, 2.05) is 6.92 Å². The average molecular weight is 235 g/mol. The fourth-order valence-corrected chi connectivity index (χ4v) is 1.73. The van der Waals surface area contributed by atoms with Crippen molar-refractivity contribution in [3.63, 3.8) is 0 Å². The van der Waals surface area contributed by atoms with Gasteiger partial charge in [-0.3, -0.25) is 0 Å². The minimum absolute atomic E-state index is 0.0536. The Balaban J connectivity index is 3.20. The number of primary sulfonamides is 1. The second-order valence-electron chi connectivity index (χ2n) is 2.72. The van der Waals surface area contributed by atoms with Crippen LogP contribution in [0.2, 0.25) is 5.02 Å². The van der Waals surface area contributed by atoms with Crippen LogP contribution in [-0.2, 0) is 10.0 Å². The van der Waals surface area contributed by atoms with Gasteiger partial charge in [0.25, 0.3) is 0 Å². The van der Waals surface area contributed by atoms with Gasteiger partial charge in [0.15, 0.2) is 0 Å². The normalized spacial score (nSPS) is 11.4. The van der Waals surface area contributed by atoms with Crippen LogP contribution in [-0.4, -0.2) is 15.0 Å². The lowest BCUT2D eigenvalue weighted by Gasteiger charge is -2.07. The third-order valence-electron chi connectivity index (χ3n) is 1.63. The lowest BCUT2D eigenvalue weighted by molar-refractivity contribution is 0.598. The fraction of sp³-hybridized carbons (Fsp3) is 0.250. The second-order valence-corrected chi connectivity index (χ2v) is 4.69. The molecule has 0 radical (unpaired) electrons. The Morgan fingerprint density at radius 3 is 2.64 bits per heavy atom. The van der Waals surface area contributed by atoms with E-state index >= 15 is 0 Å². The zero-order valence-electron chi connectivity index (χ0n) is 7.62. The zero-order chi connectivity index (χ0) is 10.8. The summed E-state index contributed by atoms with van der Waals surface area (Å²) in [4.78, 5) is 0.0536. The summed E-state index contributed by atoms with van der Waals surface area (Å²) in [6.45, 7) is 2.55. The summed E-state index contributed by atoms with van der Waals surface area (Å²) in [6, 6.07) is 4.29. The van der Waals surface area contributed by atoms with Crippen molar-refractivity contribution in [3.8, 4) is 0 Å². The highest BCUT2D eigenvalue weighted by Crippen LogP contribution is 2.24. The summed E-state index contributed by atoms with van der Waals surface area (Å²) in [7, 11) is -3.66. The van der Waals surface area contributed by atoms with Gasteiger partial charge in [-0.15, -0.1) is 0 Å². The lowest BCUT2D eigenvalue weighted by atomic mass is 10.3. The van der Waals surface area contributed by atoms with E-state index in [1.165, 1.54) is 18.2 Å². The van der Waals surface area contributed by atoms with Crippen LogP contribution in [0.5, 0.6) is 0 Å². The van der Waals surface area contributed by atoms with E-state index < -0.39 is 10.0 Å². The molecule has 78 valence electrons. The van der Waals surface area contributed by atoms with Gasteiger partial charge in [0.05, 0.1) is 15.6 Å². The van der Waals surface area contributed by atoms with Crippen LogP contribution in [0.25, 0.3) is 0 Å². The average Bonchev–Trinajstić information content (AvgIpc) is 2.07. The van der Waals surface area contributed by atoms with Crippen LogP contribution in [0.15, 0.2) is 23.1 Å². The maximum atomic E-state index is 11.0. The van der Waals surface area contributed by atoms with E-state index in [-0.39, 0.29) is 4.90 Å². The molecule has 0 fully saturated rings. The summed E-state index contributed by atoms with van der Waals surface area (Å²) >= 11 is 5.83. The molecule has 1 rings (SSSR count). The Morgan fingerprint density at radius 1 is 1.50 bits per heavy atom. The number of nitrogens with one attached hydrogen (secondary N) is 1. The summed E-state index contributed by atoms with van der Waals surface area (Å²) < 4.78 is 22.0. The first-order valence-corrected chi connectivity index (χ1v) is 5.94. The van der Waals surface area contributed by atoms with E-state index in [0.717, 1.165) is 0 Å². The largest absolute Gasteiger partial charge is 0.384 e. The summed E-state index contributed by atoms with van der Waals surface area (Å²) in [6.07, 6.45) is 0. The molecule has 0 saturated carbocycles. The summed E-state index contributed by atoms with van der Waals surface area (Å²) in [5, 5.41) is 8.38. The van der Waals surface area contributed by atoms with E-state index in [4.69, 9.17) is 16.7 Å². The Kier molecular flexibility index (Phi) is 3.36. The molecular formula is C8H11ClN2O2S. The third kappa shape index (κ3) is 2.60. The molecule has 3 N–H and O–H groups in total. The number of benzene rings is 1. The number of hydrogen-bond acceptors (Lipinski definition) is 3. The Hall–Kier alpha value is -0.780. The Morgan fingerprint density at radius 2 is 2.14 bits per heavy atom. The molecule has 0 unspecified atom stereocenters. The number of halogens is 1. The maximum Gasteiger partial charge on any atom is 0.238 e. The summed E-state index contributed by atoms with van der Waals surface area (Å²) in [5.74, 6) is 0. The van der Waals surface area contributed by atoms with E-state index in [0.29, 0.717) is 17.3 Å². The first-order chi connectivity index (χ1) is 6.45. The molecule has 0 spiro atoms. The fourth-order valence-electron chi connectivity index (χ4n) is 1.01. The Bertz CT molecular complexity index is 431. The molecule has 0 heterocycles. The zero-order valence-corrected chi connectivity index (χ0v) is 9.19. The van der Waals surface area contributed by atoms with Gasteiger partial charge in [0.1, 0.15) is 0 Å². The van der Waals surface area contributed by atoms with E-state index in [1.54, 1.807) is 0 Å². The maximum absolute atomic E-state index is 11.0. The van der Waals surface area contributed by atoms with Crippen LogP contribution in [0.3, 0.4) is 0 Å². The highest BCUT2D eigenvalue weighted by Gasteiger charge is 2.09. The van der Waals surface area contributed by atoms with Crippen molar-refractivity contribution >= 4 is 27.3 Å². The standard InChI is InChI=1S/C8H11ClN2O2S/c1-2-11-8-5-6(14(10,12)13)3-4-7(8)9/h3-5,11H,2H2,1H3,(H2,10,12,13). The predicted octanol–water partition coefficient (Wildman–Crippen LogP) is 1.42. The number of rotatable bonds is 3. The van der Waals surface area contributed by atoms with Crippen molar-refractivity contribution in [2.24, 2.45) is 5.14 Å². The molecule has 0 atom stereocenters. The minimum Gasteiger partial charge on any atom is -0.384 e. The molecule has 0 aromatic heterocycles. The van der Waals surface area contributed by atoms with E-state index in [9.17, 15) is 8.42 Å². The lowest BCUT2D eigenvalue weighted by Crippen LogP contribution is -2.12. The monoisotopic (exact) mass is 234 g/mol. The molecule has 1 aromatic rings. The molecule has 1 aromatic carbocycles. The smallest absolute Gasteiger partial charge is 0.238 e. The van der Waals surface area contributed by atoms with Crippen molar-refractivity contribution in [1.29, 1.82) is 0 Å². The quantitative estimate of drug-likeness (QED) is 0.831. The minimum atomic E-state index is -3.66. The van der Waals surface area contributed by atoms with Crippen molar-refractivity contribution in [1.82, 2.24) is 0 Å². The van der Waals surface area contributed by atoms with Crippen LogP contribution in [0, 0.1) is 0 Å². The van der Waals surface area contributed by atoms with E-state index in [2.05, 4.69) is 5.32 Å². The molecule has 0 aliphatic heterocycles. The molecule has 0 aliphatic carbocycles. The van der Waals surface area contributed by atoms with Gasteiger partial charge >= 0.3 is 0 Å². The second kappa shape index (κ2) is 4.16. The molecule has 0 saturated heterocycles. The summed E-state index contributed by atoms with van der Waals surface area (Å²) in [5.41, 5.74) is 0.570. The van der Waals surface area contributed by atoms with Gasteiger partial charge < -0.3 is 5.32 Å². The van der Waals surface area contributed by atoms with Crippen molar-refractivity contribution in [3.05, 3.63) is 23.2 Å². The molecule has 4 nitrogen and oxygen atoms in total. The predicted molar refractivity (Wildman–Crippen MR) is 57.0 cm³/mol. The SMILES string of the molecule is CCNc1cc(S(N)(=O)=O)ccc1Cl. The van der Waals surface area contributed by atoms with Gasteiger partial charge in [-0.2, -0.15) is 0 Å². The molecule has 0 aliphatic rings. The molecular weight excluding hydrogens is 224 g/mol. The van der Waals surface area contributed by atoms with Gasteiger partial charge in [0.2, 0.25) is 10.0 Å². The topological polar surface area (TPSA) is 72.2 Å².